The molecule has 0 radical (unpaired) electrons. The Morgan fingerprint density at radius 2 is 2.25 bits per heavy atom. The summed E-state index contributed by atoms with van der Waals surface area (Å²) in [4.78, 5) is 21.9. The molecular formula is C14H14IN3O2. The van der Waals surface area contributed by atoms with Crippen LogP contribution in [-0.4, -0.2) is 34.1 Å². The van der Waals surface area contributed by atoms with E-state index in [1.165, 1.54) is 0 Å². The first kappa shape index (κ1) is 13.5. The second-order valence-electron chi connectivity index (χ2n) is 4.98. The Hall–Kier alpha value is -1.44. The molecule has 0 bridgehead atoms. The first-order valence-electron chi connectivity index (χ1n) is 6.53. The van der Waals surface area contributed by atoms with E-state index in [0.29, 0.717) is 6.54 Å². The van der Waals surface area contributed by atoms with Crippen LogP contribution in [0, 0.1) is 9.49 Å². The van der Waals surface area contributed by atoms with Crippen LogP contribution in [0.15, 0.2) is 24.5 Å². The number of fused-ring (bicyclic) bond motifs is 1. The highest BCUT2D eigenvalue weighted by atomic mass is 127. The number of nitrogens with zero attached hydrogens (tertiary/aromatic N) is 3. The van der Waals surface area contributed by atoms with Crippen molar-refractivity contribution >= 4 is 45.3 Å². The van der Waals surface area contributed by atoms with Crippen LogP contribution in [0.25, 0.3) is 10.9 Å². The number of carbonyl (C=O) groups is 1. The van der Waals surface area contributed by atoms with Crippen molar-refractivity contribution in [1.82, 2.24) is 9.97 Å². The highest BCUT2D eigenvalue weighted by molar-refractivity contribution is 14.1. The Kier molecular flexibility index (Phi) is 3.73. The van der Waals surface area contributed by atoms with Gasteiger partial charge >= 0.3 is 5.97 Å². The van der Waals surface area contributed by atoms with Crippen LogP contribution < -0.4 is 4.90 Å². The molecule has 1 saturated heterocycles. The molecule has 1 aromatic carbocycles. The molecule has 0 aliphatic carbocycles. The Labute approximate surface area is 130 Å². The van der Waals surface area contributed by atoms with Crippen LogP contribution in [0.1, 0.15) is 12.8 Å². The van der Waals surface area contributed by atoms with Crippen LogP contribution >= 0.6 is 22.6 Å². The maximum absolute atomic E-state index is 11.2. The molecule has 1 aliphatic heterocycles. The van der Waals surface area contributed by atoms with E-state index < -0.39 is 5.97 Å². The van der Waals surface area contributed by atoms with Crippen molar-refractivity contribution < 1.29 is 9.90 Å². The van der Waals surface area contributed by atoms with Crippen molar-refractivity contribution in [3.8, 4) is 0 Å². The summed E-state index contributed by atoms with van der Waals surface area (Å²) in [6, 6.07) is 6.03. The number of aromatic nitrogens is 2. The van der Waals surface area contributed by atoms with E-state index in [0.717, 1.165) is 39.7 Å². The smallest absolute Gasteiger partial charge is 0.308 e. The molecule has 0 saturated carbocycles. The van der Waals surface area contributed by atoms with E-state index in [-0.39, 0.29) is 5.92 Å². The minimum atomic E-state index is -0.720. The largest absolute Gasteiger partial charge is 0.481 e. The standard InChI is InChI=1S/C14H14IN3O2/c15-10-3-4-12-11(6-10)13(17-8-16-12)18-5-1-2-9(7-18)14(19)20/h3-4,6,8-9H,1-2,5,7H2,(H,19,20). The second kappa shape index (κ2) is 5.51. The lowest BCUT2D eigenvalue weighted by Gasteiger charge is -2.32. The minimum Gasteiger partial charge on any atom is -0.481 e. The summed E-state index contributed by atoms with van der Waals surface area (Å²) < 4.78 is 1.12. The van der Waals surface area contributed by atoms with Crippen LogP contribution in [0.4, 0.5) is 5.82 Å². The van der Waals surface area contributed by atoms with Gasteiger partial charge in [0.2, 0.25) is 0 Å². The summed E-state index contributed by atoms with van der Waals surface area (Å²) in [5, 5.41) is 10.2. The molecule has 1 N–H and O–H groups in total. The number of hydrogen-bond donors (Lipinski definition) is 1. The van der Waals surface area contributed by atoms with Crippen molar-refractivity contribution in [2.45, 2.75) is 12.8 Å². The number of carboxylic acids is 1. The van der Waals surface area contributed by atoms with E-state index in [4.69, 9.17) is 0 Å². The fourth-order valence-corrected chi connectivity index (χ4v) is 3.13. The number of anilines is 1. The first-order chi connectivity index (χ1) is 9.65. The van der Waals surface area contributed by atoms with Gasteiger partial charge < -0.3 is 10.0 Å². The van der Waals surface area contributed by atoms with Crippen LogP contribution in [0.3, 0.4) is 0 Å². The number of piperidine rings is 1. The molecular weight excluding hydrogens is 369 g/mol. The van der Waals surface area contributed by atoms with Gasteiger partial charge in [0.25, 0.3) is 0 Å². The second-order valence-corrected chi connectivity index (χ2v) is 6.23. The van der Waals surface area contributed by atoms with Crippen molar-refractivity contribution in [3.05, 3.63) is 28.1 Å². The summed E-state index contributed by atoms with van der Waals surface area (Å²) in [5.74, 6) is -0.182. The monoisotopic (exact) mass is 383 g/mol. The highest BCUT2D eigenvalue weighted by Gasteiger charge is 2.27. The van der Waals surface area contributed by atoms with Crippen LogP contribution in [-0.2, 0) is 4.79 Å². The maximum Gasteiger partial charge on any atom is 0.308 e. The number of halogens is 1. The predicted octanol–water partition coefficient (Wildman–Crippen LogP) is 2.54. The van der Waals surface area contributed by atoms with E-state index >= 15 is 0 Å². The Morgan fingerprint density at radius 3 is 3.05 bits per heavy atom. The Balaban J connectivity index is 2.01. The lowest BCUT2D eigenvalue weighted by molar-refractivity contribution is -0.141. The fourth-order valence-electron chi connectivity index (χ4n) is 2.64. The summed E-state index contributed by atoms with van der Waals surface area (Å²) in [5.41, 5.74) is 0.896. The minimum absolute atomic E-state index is 0.309. The Morgan fingerprint density at radius 1 is 1.40 bits per heavy atom. The molecule has 1 atom stereocenters. The van der Waals surface area contributed by atoms with Gasteiger partial charge in [0.1, 0.15) is 12.1 Å². The first-order valence-corrected chi connectivity index (χ1v) is 7.61. The van der Waals surface area contributed by atoms with E-state index in [1.54, 1.807) is 6.33 Å². The number of rotatable bonds is 2. The molecule has 6 heteroatoms. The lowest BCUT2D eigenvalue weighted by Crippen LogP contribution is -2.39. The Bertz CT molecular complexity index is 662. The van der Waals surface area contributed by atoms with Gasteiger partial charge in [-0.2, -0.15) is 0 Å². The van der Waals surface area contributed by atoms with Crippen LogP contribution in [0.2, 0.25) is 0 Å². The van der Waals surface area contributed by atoms with Gasteiger partial charge in [0.15, 0.2) is 0 Å². The molecule has 1 aliphatic rings. The lowest BCUT2D eigenvalue weighted by atomic mass is 9.98. The zero-order valence-electron chi connectivity index (χ0n) is 10.8. The molecule has 104 valence electrons. The van der Waals surface area contributed by atoms with Gasteiger partial charge in [0.05, 0.1) is 11.4 Å². The molecule has 0 spiro atoms. The van der Waals surface area contributed by atoms with Crippen molar-refractivity contribution in [1.29, 1.82) is 0 Å². The van der Waals surface area contributed by atoms with Gasteiger partial charge in [-0.05, 0) is 53.6 Å². The summed E-state index contributed by atoms with van der Waals surface area (Å²) in [6.07, 6.45) is 3.17. The normalized spacial score (nSPS) is 19.2. The van der Waals surface area contributed by atoms with Crippen molar-refractivity contribution in [3.63, 3.8) is 0 Å². The number of carboxylic acid groups (broad SMARTS) is 1. The van der Waals surface area contributed by atoms with E-state index in [1.807, 2.05) is 12.1 Å². The number of aliphatic carboxylic acids is 1. The maximum atomic E-state index is 11.2. The van der Waals surface area contributed by atoms with Gasteiger partial charge in [-0.3, -0.25) is 4.79 Å². The summed E-state index contributed by atoms with van der Waals surface area (Å²) in [6.45, 7) is 1.37. The molecule has 1 fully saturated rings. The van der Waals surface area contributed by atoms with Crippen molar-refractivity contribution in [2.75, 3.05) is 18.0 Å². The summed E-state index contributed by atoms with van der Waals surface area (Å²) >= 11 is 2.26. The molecule has 1 unspecified atom stereocenters. The molecule has 20 heavy (non-hydrogen) atoms. The average molecular weight is 383 g/mol. The van der Waals surface area contributed by atoms with Gasteiger partial charge in [-0.15, -0.1) is 0 Å². The van der Waals surface area contributed by atoms with Gasteiger partial charge in [-0.25, -0.2) is 9.97 Å². The summed E-state index contributed by atoms with van der Waals surface area (Å²) in [7, 11) is 0. The topological polar surface area (TPSA) is 66.3 Å². The quantitative estimate of drug-likeness (QED) is 0.808. The zero-order valence-corrected chi connectivity index (χ0v) is 12.9. The highest BCUT2D eigenvalue weighted by Crippen LogP contribution is 2.28. The van der Waals surface area contributed by atoms with Crippen molar-refractivity contribution in [2.24, 2.45) is 5.92 Å². The molecule has 5 nitrogen and oxygen atoms in total. The molecule has 2 aromatic rings. The van der Waals surface area contributed by atoms with E-state index in [2.05, 4.69) is 43.5 Å². The average Bonchev–Trinajstić information content (AvgIpc) is 2.46. The predicted molar refractivity (Wildman–Crippen MR) is 84.8 cm³/mol. The number of benzene rings is 1. The molecule has 3 rings (SSSR count). The zero-order chi connectivity index (χ0) is 14.1. The third-order valence-electron chi connectivity index (χ3n) is 3.65. The molecule has 2 heterocycles. The van der Waals surface area contributed by atoms with Crippen LogP contribution in [0.5, 0.6) is 0 Å². The van der Waals surface area contributed by atoms with E-state index in [9.17, 15) is 9.90 Å². The fraction of sp³-hybridized carbons (Fsp3) is 0.357. The molecule has 0 amide bonds. The number of hydrogen-bond acceptors (Lipinski definition) is 4. The third-order valence-corrected chi connectivity index (χ3v) is 4.32. The van der Waals surface area contributed by atoms with Gasteiger partial charge in [-0.1, -0.05) is 0 Å². The third kappa shape index (κ3) is 2.56. The SMILES string of the molecule is O=C(O)C1CCCN(c2ncnc3ccc(I)cc23)C1. The molecule has 1 aromatic heterocycles. The van der Waals surface area contributed by atoms with Gasteiger partial charge in [0, 0.05) is 22.0 Å².